The van der Waals surface area contributed by atoms with E-state index in [0.29, 0.717) is 0 Å². The second kappa shape index (κ2) is 7.78. The molecule has 27 heavy (non-hydrogen) atoms. The molecule has 0 unspecified atom stereocenters. The molecule has 150 valence electrons. The van der Waals surface area contributed by atoms with Crippen LogP contribution in [0.25, 0.3) is 0 Å². The van der Waals surface area contributed by atoms with Crippen molar-refractivity contribution < 1.29 is 27.9 Å². The van der Waals surface area contributed by atoms with Gasteiger partial charge in [-0.2, -0.15) is 13.2 Å². The molecule has 0 spiro atoms. The van der Waals surface area contributed by atoms with Crippen molar-refractivity contribution in [2.75, 3.05) is 19.6 Å². The summed E-state index contributed by atoms with van der Waals surface area (Å²) in [7, 11) is 0. The maximum Gasteiger partial charge on any atom is 0.394 e. The molecule has 0 aliphatic carbocycles. The number of likely N-dealkylation sites (tertiary alicyclic amines) is 1. The summed E-state index contributed by atoms with van der Waals surface area (Å²) in [4.78, 5) is 24.4. The Balaban J connectivity index is 2.01. The lowest BCUT2D eigenvalue weighted by atomic mass is 9.84. The number of rotatable bonds is 5. The van der Waals surface area contributed by atoms with E-state index in [0.717, 1.165) is 16.9 Å². The number of nitrogens with one attached hydrogen (secondary N) is 1. The van der Waals surface area contributed by atoms with Gasteiger partial charge in [0.25, 0.3) is 0 Å². The second-order valence-corrected chi connectivity index (χ2v) is 7.59. The number of aryl methyl sites for hydroxylation is 1. The lowest BCUT2D eigenvalue weighted by Crippen LogP contribution is -2.44. The molecule has 1 fully saturated rings. The molecule has 1 aromatic rings. The Morgan fingerprint density at radius 3 is 2.22 bits per heavy atom. The topological polar surface area (TPSA) is 69.6 Å². The van der Waals surface area contributed by atoms with Crippen LogP contribution in [0.1, 0.15) is 31.9 Å². The van der Waals surface area contributed by atoms with Gasteiger partial charge >= 0.3 is 18.2 Å². The smallest absolute Gasteiger partial charge is 0.394 e. The number of benzene rings is 1. The third kappa shape index (κ3) is 4.93. The minimum absolute atomic E-state index is 0.224. The Morgan fingerprint density at radius 1 is 1.19 bits per heavy atom. The van der Waals surface area contributed by atoms with Crippen LogP contribution < -0.4 is 5.32 Å². The molecule has 5 nitrogen and oxygen atoms in total. The number of carboxylic acid groups (broad SMARTS) is 1. The zero-order valence-electron chi connectivity index (χ0n) is 15.6. The van der Waals surface area contributed by atoms with Crippen molar-refractivity contribution in [3.05, 3.63) is 35.4 Å². The second-order valence-electron chi connectivity index (χ2n) is 7.59. The minimum Gasteiger partial charge on any atom is -0.481 e. The summed E-state index contributed by atoms with van der Waals surface area (Å²) in [6.07, 6.45) is -3.74. The Bertz CT molecular complexity index is 686. The molecule has 0 saturated carbocycles. The highest BCUT2D eigenvalue weighted by molar-refractivity contribution is 5.77. The predicted octanol–water partition coefficient (Wildman–Crippen LogP) is 3.43. The Kier molecular flexibility index (Phi) is 6.07. The Hall–Kier alpha value is -2.25. The van der Waals surface area contributed by atoms with Crippen LogP contribution in [-0.4, -0.2) is 47.8 Å². The molecule has 1 aliphatic rings. The van der Waals surface area contributed by atoms with E-state index in [1.54, 1.807) is 0 Å². The molecule has 2 N–H and O–H groups in total. The van der Waals surface area contributed by atoms with E-state index < -0.39 is 48.5 Å². The van der Waals surface area contributed by atoms with Gasteiger partial charge in [-0.1, -0.05) is 45.0 Å². The molecule has 2 amide bonds. The van der Waals surface area contributed by atoms with Crippen molar-refractivity contribution in [1.29, 1.82) is 0 Å². The fourth-order valence-electron chi connectivity index (χ4n) is 3.25. The summed E-state index contributed by atoms with van der Waals surface area (Å²) in [6.45, 7) is 5.04. The summed E-state index contributed by atoms with van der Waals surface area (Å²) in [5.74, 6) is -5.22. The largest absolute Gasteiger partial charge is 0.481 e. The van der Waals surface area contributed by atoms with Crippen LogP contribution in [0.4, 0.5) is 18.0 Å². The first-order valence-electron chi connectivity index (χ1n) is 8.87. The fraction of sp³-hybridized carbons (Fsp3) is 0.579. The lowest BCUT2D eigenvalue weighted by Gasteiger charge is -2.27. The van der Waals surface area contributed by atoms with Crippen molar-refractivity contribution in [1.82, 2.24) is 10.2 Å². The molecule has 1 heterocycles. The minimum atomic E-state index is -4.65. The van der Waals surface area contributed by atoms with Gasteiger partial charge in [0.2, 0.25) is 0 Å². The van der Waals surface area contributed by atoms with Crippen LogP contribution in [0.15, 0.2) is 24.3 Å². The molecule has 2 atom stereocenters. The van der Waals surface area contributed by atoms with Gasteiger partial charge in [-0.25, -0.2) is 4.79 Å². The van der Waals surface area contributed by atoms with Crippen molar-refractivity contribution >= 4 is 12.0 Å². The van der Waals surface area contributed by atoms with Crippen LogP contribution in [-0.2, 0) is 16.6 Å². The van der Waals surface area contributed by atoms with Gasteiger partial charge in [0.1, 0.15) is 0 Å². The third-order valence-electron chi connectivity index (χ3n) is 5.17. The quantitative estimate of drug-likeness (QED) is 0.815. The van der Waals surface area contributed by atoms with Crippen LogP contribution in [0, 0.1) is 11.8 Å². The molecular weight excluding hydrogens is 361 g/mol. The van der Waals surface area contributed by atoms with Gasteiger partial charge in [-0.15, -0.1) is 0 Å². The summed E-state index contributed by atoms with van der Waals surface area (Å²) in [5.41, 5.74) is 1.77. The normalized spacial score (nSPS) is 20.6. The van der Waals surface area contributed by atoms with Gasteiger partial charge in [-0.3, -0.25) is 4.79 Å². The maximum atomic E-state index is 13.0. The first-order chi connectivity index (χ1) is 12.5. The van der Waals surface area contributed by atoms with Crippen molar-refractivity contribution in [2.45, 2.75) is 38.8 Å². The molecule has 1 aromatic carbocycles. The van der Waals surface area contributed by atoms with Gasteiger partial charge in [-0.05, 0) is 17.5 Å². The zero-order chi connectivity index (χ0) is 20.4. The summed E-state index contributed by atoms with van der Waals surface area (Å²) < 4.78 is 39.1. The van der Waals surface area contributed by atoms with E-state index >= 15 is 0 Å². The number of hydrogen-bond acceptors (Lipinski definition) is 2. The van der Waals surface area contributed by atoms with Crippen molar-refractivity contribution in [2.24, 2.45) is 11.8 Å². The van der Waals surface area contributed by atoms with E-state index in [-0.39, 0.29) is 6.54 Å². The zero-order valence-corrected chi connectivity index (χ0v) is 15.6. The van der Waals surface area contributed by atoms with E-state index in [9.17, 15) is 22.8 Å². The van der Waals surface area contributed by atoms with Crippen LogP contribution in [0.2, 0.25) is 0 Å². The first-order valence-corrected chi connectivity index (χ1v) is 8.87. The molecule has 8 heteroatoms. The van der Waals surface area contributed by atoms with Crippen LogP contribution >= 0.6 is 0 Å². The van der Waals surface area contributed by atoms with Gasteiger partial charge in [0, 0.05) is 25.0 Å². The van der Waals surface area contributed by atoms with E-state index in [1.165, 1.54) is 5.56 Å². The molecule has 1 aliphatic heterocycles. The highest BCUT2D eigenvalue weighted by Crippen LogP contribution is 2.37. The van der Waals surface area contributed by atoms with Crippen LogP contribution in [0.3, 0.4) is 0 Å². The number of aliphatic carboxylic acids is 1. The average molecular weight is 386 g/mol. The van der Waals surface area contributed by atoms with E-state index in [2.05, 4.69) is 12.2 Å². The number of alkyl halides is 3. The molecule has 0 radical (unpaired) electrons. The number of carboxylic acids is 1. The highest BCUT2D eigenvalue weighted by atomic mass is 19.4. The molecular formula is C19H25F3N2O3. The number of carbonyl (C=O) groups is 2. The first kappa shape index (κ1) is 21.1. The average Bonchev–Trinajstić information content (AvgIpc) is 3.06. The lowest BCUT2D eigenvalue weighted by molar-refractivity contribution is -0.187. The highest BCUT2D eigenvalue weighted by Gasteiger charge is 2.53. The van der Waals surface area contributed by atoms with Gasteiger partial charge in [0.15, 0.2) is 0 Å². The molecule has 0 bridgehead atoms. The summed E-state index contributed by atoms with van der Waals surface area (Å²) in [6, 6.07) is 7.28. The predicted molar refractivity (Wildman–Crippen MR) is 94.5 cm³/mol. The third-order valence-corrected chi connectivity index (χ3v) is 5.17. The number of hydrogen-bond donors (Lipinski definition) is 2. The monoisotopic (exact) mass is 386 g/mol. The van der Waals surface area contributed by atoms with Gasteiger partial charge in [0.05, 0.1) is 11.8 Å². The van der Waals surface area contributed by atoms with E-state index in [1.807, 2.05) is 38.1 Å². The number of amides is 2. The van der Waals surface area contributed by atoms with E-state index in [4.69, 9.17) is 5.11 Å². The van der Waals surface area contributed by atoms with Crippen LogP contribution in [0.5, 0.6) is 0 Å². The summed E-state index contributed by atoms with van der Waals surface area (Å²) >= 11 is 0. The molecule has 1 saturated heterocycles. The maximum absolute atomic E-state index is 13.0. The standard InChI is InChI=1S/C19H25F3N2O3/c1-4-12-5-7-13(8-6-12)18(2,3)11-23-17(27)24-9-14(16(25)26)15(10-24)19(20,21)22/h5-8,14-15H,4,9-11H2,1-3H3,(H,23,27)(H,25,26)/t14-,15-/m1/s1. The Labute approximate surface area is 156 Å². The SMILES string of the molecule is CCc1ccc(C(C)(C)CNC(=O)N2C[C@@H](C(F)(F)F)[C@H](C(=O)O)C2)cc1. The van der Waals surface area contributed by atoms with Crippen molar-refractivity contribution in [3.63, 3.8) is 0 Å². The number of carbonyl (C=O) groups excluding carboxylic acids is 1. The fourth-order valence-corrected chi connectivity index (χ4v) is 3.25. The number of halogens is 3. The van der Waals surface area contributed by atoms with Gasteiger partial charge < -0.3 is 15.3 Å². The number of urea groups is 1. The molecule has 0 aromatic heterocycles. The molecule has 2 rings (SSSR count). The Morgan fingerprint density at radius 2 is 1.78 bits per heavy atom. The summed E-state index contributed by atoms with van der Waals surface area (Å²) in [5, 5.41) is 11.7. The van der Waals surface area contributed by atoms with Crippen molar-refractivity contribution in [3.8, 4) is 0 Å². The number of nitrogens with zero attached hydrogens (tertiary/aromatic N) is 1.